The average molecular weight is 260 g/mol. The molecule has 0 bridgehead atoms. The van der Waals surface area contributed by atoms with Crippen LogP contribution in [0.15, 0.2) is 30.3 Å². The number of hydrogen-bond acceptors (Lipinski definition) is 2. The summed E-state index contributed by atoms with van der Waals surface area (Å²) in [6.45, 7) is 9.00. The molecule has 0 amide bonds. The Morgan fingerprint density at radius 3 is 2.58 bits per heavy atom. The maximum Gasteiger partial charge on any atom is 0.0478 e. The summed E-state index contributed by atoms with van der Waals surface area (Å²) in [7, 11) is 0. The van der Waals surface area contributed by atoms with E-state index >= 15 is 0 Å². The standard InChI is InChI=1S/C17H28N2/c1-4-16-12-11-14(3)19(16)17(13-18-5-2)15-9-7-6-8-10-15/h6-10,14,16-18H,4-5,11-13H2,1-3H3. The molecule has 1 aromatic carbocycles. The Morgan fingerprint density at radius 1 is 1.21 bits per heavy atom. The van der Waals surface area contributed by atoms with E-state index in [4.69, 9.17) is 0 Å². The Bertz CT molecular complexity index is 363. The minimum atomic E-state index is 0.517. The third kappa shape index (κ3) is 3.37. The van der Waals surface area contributed by atoms with Crippen molar-refractivity contribution in [2.75, 3.05) is 13.1 Å². The summed E-state index contributed by atoms with van der Waals surface area (Å²) in [6.07, 6.45) is 3.96. The number of hydrogen-bond donors (Lipinski definition) is 1. The van der Waals surface area contributed by atoms with E-state index in [2.05, 4.69) is 61.3 Å². The topological polar surface area (TPSA) is 15.3 Å². The second-order valence-electron chi connectivity index (χ2n) is 5.67. The van der Waals surface area contributed by atoms with Crippen molar-refractivity contribution in [3.8, 4) is 0 Å². The van der Waals surface area contributed by atoms with E-state index in [9.17, 15) is 0 Å². The molecule has 0 saturated carbocycles. The van der Waals surface area contributed by atoms with Gasteiger partial charge in [-0.2, -0.15) is 0 Å². The van der Waals surface area contributed by atoms with Crippen LogP contribution >= 0.6 is 0 Å². The quantitative estimate of drug-likeness (QED) is 0.840. The van der Waals surface area contributed by atoms with E-state index in [-0.39, 0.29) is 0 Å². The van der Waals surface area contributed by atoms with Crippen molar-refractivity contribution in [3.05, 3.63) is 35.9 Å². The lowest BCUT2D eigenvalue weighted by Crippen LogP contribution is -2.42. The number of nitrogens with one attached hydrogen (secondary N) is 1. The molecule has 1 aromatic rings. The van der Waals surface area contributed by atoms with E-state index in [0.29, 0.717) is 12.1 Å². The molecule has 2 rings (SSSR count). The molecule has 1 aliphatic heterocycles. The summed E-state index contributed by atoms with van der Waals surface area (Å²) in [6, 6.07) is 13.0. The van der Waals surface area contributed by atoms with Gasteiger partial charge in [0.05, 0.1) is 0 Å². The van der Waals surface area contributed by atoms with E-state index in [1.165, 1.54) is 24.8 Å². The van der Waals surface area contributed by atoms with Crippen LogP contribution in [0.4, 0.5) is 0 Å². The van der Waals surface area contributed by atoms with Gasteiger partial charge in [-0.1, -0.05) is 44.2 Å². The minimum absolute atomic E-state index is 0.517. The maximum absolute atomic E-state index is 3.55. The average Bonchev–Trinajstić information content (AvgIpc) is 2.82. The van der Waals surface area contributed by atoms with Crippen LogP contribution in [-0.2, 0) is 0 Å². The minimum Gasteiger partial charge on any atom is -0.315 e. The van der Waals surface area contributed by atoms with Crippen LogP contribution in [-0.4, -0.2) is 30.1 Å². The lowest BCUT2D eigenvalue weighted by atomic mass is 10.0. The summed E-state index contributed by atoms with van der Waals surface area (Å²) in [5.74, 6) is 0. The molecule has 3 unspecified atom stereocenters. The highest BCUT2D eigenvalue weighted by Gasteiger charge is 2.35. The molecule has 0 aromatic heterocycles. The van der Waals surface area contributed by atoms with Gasteiger partial charge < -0.3 is 5.32 Å². The van der Waals surface area contributed by atoms with Crippen LogP contribution < -0.4 is 5.32 Å². The van der Waals surface area contributed by atoms with Crippen molar-refractivity contribution >= 4 is 0 Å². The molecule has 1 fully saturated rings. The monoisotopic (exact) mass is 260 g/mol. The van der Waals surface area contributed by atoms with Crippen LogP contribution in [0.25, 0.3) is 0 Å². The maximum atomic E-state index is 3.55. The fourth-order valence-corrected chi connectivity index (χ4v) is 3.42. The first kappa shape index (κ1) is 14.5. The molecule has 0 aliphatic carbocycles. The molecule has 19 heavy (non-hydrogen) atoms. The highest BCUT2D eigenvalue weighted by molar-refractivity contribution is 5.20. The smallest absolute Gasteiger partial charge is 0.0478 e. The van der Waals surface area contributed by atoms with E-state index in [1.54, 1.807) is 0 Å². The summed E-state index contributed by atoms with van der Waals surface area (Å²) in [5.41, 5.74) is 1.45. The molecule has 0 spiro atoms. The van der Waals surface area contributed by atoms with Crippen molar-refractivity contribution in [3.63, 3.8) is 0 Å². The zero-order valence-electron chi connectivity index (χ0n) is 12.6. The lowest BCUT2D eigenvalue weighted by molar-refractivity contribution is 0.131. The molecule has 0 radical (unpaired) electrons. The van der Waals surface area contributed by atoms with Gasteiger partial charge in [-0.15, -0.1) is 0 Å². The van der Waals surface area contributed by atoms with Crippen molar-refractivity contribution < 1.29 is 0 Å². The fourth-order valence-electron chi connectivity index (χ4n) is 3.42. The van der Waals surface area contributed by atoms with Gasteiger partial charge >= 0.3 is 0 Å². The Morgan fingerprint density at radius 2 is 1.95 bits per heavy atom. The Labute approximate surface area is 118 Å². The van der Waals surface area contributed by atoms with Gasteiger partial charge in [0, 0.05) is 24.7 Å². The van der Waals surface area contributed by atoms with Crippen LogP contribution in [0, 0.1) is 0 Å². The normalized spacial score (nSPS) is 25.6. The van der Waals surface area contributed by atoms with E-state index < -0.39 is 0 Å². The number of benzene rings is 1. The third-order valence-electron chi connectivity index (χ3n) is 4.45. The number of nitrogens with zero attached hydrogens (tertiary/aromatic N) is 1. The molecule has 2 heteroatoms. The highest BCUT2D eigenvalue weighted by atomic mass is 15.2. The molecule has 3 atom stereocenters. The second kappa shape index (κ2) is 7.06. The van der Waals surface area contributed by atoms with Crippen LogP contribution in [0.1, 0.15) is 51.6 Å². The summed E-state index contributed by atoms with van der Waals surface area (Å²) < 4.78 is 0. The van der Waals surface area contributed by atoms with E-state index in [1.807, 2.05) is 0 Å². The molecular weight excluding hydrogens is 232 g/mol. The Hall–Kier alpha value is -0.860. The summed E-state index contributed by atoms with van der Waals surface area (Å²) in [4.78, 5) is 2.75. The molecule has 1 saturated heterocycles. The van der Waals surface area contributed by atoms with Crippen molar-refractivity contribution in [2.24, 2.45) is 0 Å². The number of rotatable bonds is 6. The SMILES string of the molecule is CCNCC(c1ccccc1)N1C(C)CCC1CC. The van der Waals surface area contributed by atoms with Gasteiger partial charge in [0.15, 0.2) is 0 Å². The highest BCUT2D eigenvalue weighted by Crippen LogP contribution is 2.34. The number of likely N-dealkylation sites (tertiary alicyclic amines) is 1. The van der Waals surface area contributed by atoms with Crippen molar-refractivity contribution in [1.82, 2.24) is 10.2 Å². The first-order valence-electron chi connectivity index (χ1n) is 7.81. The Balaban J connectivity index is 2.21. The summed E-state index contributed by atoms with van der Waals surface area (Å²) in [5, 5.41) is 3.55. The molecule has 1 N–H and O–H groups in total. The van der Waals surface area contributed by atoms with Crippen molar-refractivity contribution in [2.45, 2.75) is 58.2 Å². The van der Waals surface area contributed by atoms with Gasteiger partial charge in [-0.25, -0.2) is 0 Å². The molecule has 1 aliphatic rings. The number of likely N-dealkylation sites (N-methyl/N-ethyl adjacent to an activating group) is 1. The van der Waals surface area contributed by atoms with Crippen LogP contribution in [0.2, 0.25) is 0 Å². The predicted molar refractivity (Wildman–Crippen MR) is 82.3 cm³/mol. The molecule has 1 heterocycles. The second-order valence-corrected chi connectivity index (χ2v) is 5.67. The molecule has 2 nitrogen and oxygen atoms in total. The zero-order valence-corrected chi connectivity index (χ0v) is 12.6. The summed E-state index contributed by atoms with van der Waals surface area (Å²) >= 11 is 0. The van der Waals surface area contributed by atoms with Crippen molar-refractivity contribution in [1.29, 1.82) is 0 Å². The van der Waals surface area contributed by atoms with Gasteiger partial charge in [0.25, 0.3) is 0 Å². The van der Waals surface area contributed by atoms with E-state index in [0.717, 1.165) is 19.1 Å². The predicted octanol–water partition coefficient (Wildman–Crippen LogP) is 3.60. The zero-order chi connectivity index (χ0) is 13.7. The lowest BCUT2D eigenvalue weighted by Gasteiger charge is -2.36. The largest absolute Gasteiger partial charge is 0.315 e. The first-order chi connectivity index (χ1) is 9.27. The first-order valence-corrected chi connectivity index (χ1v) is 7.81. The van der Waals surface area contributed by atoms with Gasteiger partial charge in [-0.3, -0.25) is 4.90 Å². The Kier molecular flexibility index (Phi) is 5.41. The van der Waals surface area contributed by atoms with Gasteiger partial charge in [-0.05, 0) is 38.3 Å². The van der Waals surface area contributed by atoms with Crippen LogP contribution in [0.5, 0.6) is 0 Å². The third-order valence-corrected chi connectivity index (χ3v) is 4.45. The van der Waals surface area contributed by atoms with Gasteiger partial charge in [0.1, 0.15) is 0 Å². The molecule has 106 valence electrons. The molecular formula is C17H28N2. The van der Waals surface area contributed by atoms with Crippen LogP contribution in [0.3, 0.4) is 0 Å². The fraction of sp³-hybridized carbons (Fsp3) is 0.647. The van der Waals surface area contributed by atoms with Gasteiger partial charge in [0.2, 0.25) is 0 Å².